The summed E-state index contributed by atoms with van der Waals surface area (Å²) in [5.41, 5.74) is 5.90. The van der Waals surface area contributed by atoms with Crippen molar-refractivity contribution in [2.24, 2.45) is 0 Å². The van der Waals surface area contributed by atoms with Gasteiger partial charge < -0.3 is 10.2 Å². The molecule has 0 bridgehead atoms. The van der Waals surface area contributed by atoms with Crippen LogP contribution in [-0.2, 0) is 30.1 Å². The van der Waals surface area contributed by atoms with Gasteiger partial charge in [-0.25, -0.2) is 0 Å². The van der Waals surface area contributed by atoms with Gasteiger partial charge >= 0.3 is 0 Å². The number of hydrogen-bond donors (Lipinski definition) is 2. The first-order chi connectivity index (χ1) is 12.4. The van der Waals surface area contributed by atoms with Gasteiger partial charge in [-0.05, 0) is 57.1 Å². The summed E-state index contributed by atoms with van der Waals surface area (Å²) in [6.45, 7) is 17.0. The second-order valence-electron chi connectivity index (χ2n) is 9.69. The first-order valence-electron chi connectivity index (χ1n) is 10.1. The van der Waals surface area contributed by atoms with E-state index in [-0.39, 0.29) is 10.8 Å². The molecule has 27 heavy (non-hydrogen) atoms. The lowest BCUT2D eigenvalue weighted by molar-refractivity contribution is 0.435. The Labute approximate surface area is 165 Å². The average molecular weight is 369 g/mol. The third-order valence-electron chi connectivity index (χ3n) is 5.31. The minimum Gasteiger partial charge on any atom is -0.507 e. The highest BCUT2D eigenvalue weighted by Gasteiger charge is 2.24. The summed E-state index contributed by atoms with van der Waals surface area (Å²) in [6, 6.07) is 8.39. The van der Waals surface area contributed by atoms with Gasteiger partial charge in [-0.1, -0.05) is 79.7 Å². The Balaban J connectivity index is 2.64. The molecule has 0 heterocycles. The van der Waals surface area contributed by atoms with Crippen LogP contribution < -0.4 is 0 Å². The smallest absolute Gasteiger partial charge is 0.122 e. The number of aryl methyl sites for hydroxylation is 2. The third-order valence-corrected chi connectivity index (χ3v) is 5.31. The van der Waals surface area contributed by atoms with Gasteiger partial charge in [-0.3, -0.25) is 0 Å². The standard InChI is InChI=1S/C25H36O2/c1-9-16-11-18(22(26)20(13-16)24(3,4)5)15-19-12-17(10-2)14-21(23(19)27)25(6,7)8/h11-14,26-27H,9-10,15H2,1-8H3. The van der Waals surface area contributed by atoms with E-state index in [1.54, 1.807) is 0 Å². The van der Waals surface area contributed by atoms with E-state index >= 15 is 0 Å². The van der Waals surface area contributed by atoms with Crippen molar-refractivity contribution in [1.82, 2.24) is 0 Å². The van der Waals surface area contributed by atoms with Crippen LogP contribution in [0.1, 0.15) is 88.8 Å². The van der Waals surface area contributed by atoms with Crippen molar-refractivity contribution in [2.75, 3.05) is 0 Å². The first-order valence-corrected chi connectivity index (χ1v) is 10.1. The van der Waals surface area contributed by atoms with E-state index in [0.29, 0.717) is 17.9 Å². The topological polar surface area (TPSA) is 40.5 Å². The fourth-order valence-electron chi connectivity index (χ4n) is 3.55. The summed E-state index contributed by atoms with van der Waals surface area (Å²) in [7, 11) is 0. The lowest BCUT2D eigenvalue weighted by Gasteiger charge is -2.25. The average Bonchev–Trinajstić information content (AvgIpc) is 2.56. The number of rotatable bonds is 4. The first kappa shape index (κ1) is 21.3. The molecule has 0 fully saturated rings. The van der Waals surface area contributed by atoms with E-state index in [1.165, 1.54) is 11.1 Å². The predicted molar refractivity (Wildman–Crippen MR) is 115 cm³/mol. The number of phenolic OH excluding ortho intramolecular Hbond substituents is 2. The van der Waals surface area contributed by atoms with E-state index in [9.17, 15) is 10.2 Å². The van der Waals surface area contributed by atoms with E-state index in [4.69, 9.17) is 0 Å². The van der Waals surface area contributed by atoms with Crippen molar-refractivity contribution in [1.29, 1.82) is 0 Å². The van der Waals surface area contributed by atoms with Crippen molar-refractivity contribution >= 4 is 0 Å². The molecule has 148 valence electrons. The third kappa shape index (κ3) is 4.66. The largest absolute Gasteiger partial charge is 0.507 e. The van der Waals surface area contributed by atoms with Crippen LogP contribution in [-0.4, -0.2) is 10.2 Å². The minimum absolute atomic E-state index is 0.131. The van der Waals surface area contributed by atoms with Crippen LogP contribution in [0.5, 0.6) is 11.5 Å². The van der Waals surface area contributed by atoms with Crippen LogP contribution in [0.25, 0.3) is 0 Å². The summed E-state index contributed by atoms with van der Waals surface area (Å²) < 4.78 is 0. The maximum Gasteiger partial charge on any atom is 0.122 e. The van der Waals surface area contributed by atoms with Gasteiger partial charge in [0.15, 0.2) is 0 Å². The van der Waals surface area contributed by atoms with Crippen LogP contribution in [0.2, 0.25) is 0 Å². The van der Waals surface area contributed by atoms with Crippen LogP contribution in [0.15, 0.2) is 24.3 Å². The molecule has 0 aliphatic heterocycles. The van der Waals surface area contributed by atoms with Gasteiger partial charge in [0.05, 0.1) is 0 Å². The number of aromatic hydroxyl groups is 2. The molecule has 2 N–H and O–H groups in total. The zero-order chi connectivity index (χ0) is 20.6. The summed E-state index contributed by atoms with van der Waals surface area (Å²) in [5.74, 6) is 0.719. The maximum absolute atomic E-state index is 11.0. The molecular weight excluding hydrogens is 332 g/mol. The molecule has 2 aromatic rings. The van der Waals surface area contributed by atoms with Gasteiger partial charge in [0.1, 0.15) is 11.5 Å². The Bertz CT molecular complexity index is 748. The van der Waals surface area contributed by atoms with E-state index in [2.05, 4.69) is 79.7 Å². The highest BCUT2D eigenvalue weighted by molar-refractivity contribution is 5.53. The Hall–Kier alpha value is -1.96. The molecule has 2 rings (SSSR count). The van der Waals surface area contributed by atoms with E-state index in [0.717, 1.165) is 35.1 Å². The number of benzene rings is 2. The Morgan fingerprint density at radius 2 is 0.963 bits per heavy atom. The van der Waals surface area contributed by atoms with Crippen molar-refractivity contribution in [3.8, 4) is 11.5 Å². The van der Waals surface area contributed by atoms with Crippen molar-refractivity contribution in [3.63, 3.8) is 0 Å². The lowest BCUT2D eigenvalue weighted by Crippen LogP contribution is -2.14. The van der Waals surface area contributed by atoms with Crippen LogP contribution >= 0.6 is 0 Å². The molecule has 2 nitrogen and oxygen atoms in total. The molecule has 0 spiro atoms. The minimum atomic E-state index is -0.131. The summed E-state index contributed by atoms with van der Waals surface area (Å²) >= 11 is 0. The SMILES string of the molecule is CCc1cc(Cc2cc(CC)cc(C(C)(C)C)c2O)c(O)c(C(C)(C)C)c1. The van der Waals surface area contributed by atoms with Crippen molar-refractivity contribution in [2.45, 2.75) is 85.5 Å². The normalized spacial score (nSPS) is 12.4. The second-order valence-corrected chi connectivity index (χ2v) is 9.69. The maximum atomic E-state index is 11.0. The highest BCUT2D eigenvalue weighted by Crippen LogP contribution is 2.39. The summed E-state index contributed by atoms with van der Waals surface area (Å²) in [6.07, 6.45) is 2.38. The number of hydrogen-bond acceptors (Lipinski definition) is 2. The summed E-state index contributed by atoms with van der Waals surface area (Å²) in [4.78, 5) is 0. The quantitative estimate of drug-likeness (QED) is 0.655. The molecule has 0 atom stereocenters. The van der Waals surface area contributed by atoms with Crippen molar-refractivity contribution < 1.29 is 10.2 Å². The zero-order valence-electron chi connectivity index (χ0n) is 18.3. The molecule has 0 saturated heterocycles. The predicted octanol–water partition coefficient (Wildman–Crippen LogP) is 6.41. The molecule has 0 aromatic heterocycles. The van der Waals surface area contributed by atoms with Gasteiger partial charge in [0.25, 0.3) is 0 Å². The van der Waals surface area contributed by atoms with Gasteiger partial charge in [0.2, 0.25) is 0 Å². The number of phenols is 2. The highest BCUT2D eigenvalue weighted by atomic mass is 16.3. The molecular formula is C25H36O2. The lowest BCUT2D eigenvalue weighted by atomic mass is 9.81. The van der Waals surface area contributed by atoms with Gasteiger partial charge in [0, 0.05) is 6.42 Å². The van der Waals surface area contributed by atoms with Crippen LogP contribution in [0.4, 0.5) is 0 Å². The van der Waals surface area contributed by atoms with E-state index < -0.39 is 0 Å². The molecule has 2 heteroatoms. The Morgan fingerprint density at radius 1 is 0.630 bits per heavy atom. The molecule has 0 saturated carbocycles. The fraction of sp³-hybridized carbons (Fsp3) is 0.520. The van der Waals surface area contributed by atoms with Gasteiger partial charge in [-0.15, -0.1) is 0 Å². The van der Waals surface area contributed by atoms with E-state index in [1.807, 2.05) is 0 Å². The van der Waals surface area contributed by atoms with Crippen LogP contribution in [0, 0.1) is 0 Å². The molecule has 2 aromatic carbocycles. The fourth-order valence-corrected chi connectivity index (χ4v) is 3.55. The Morgan fingerprint density at radius 3 is 1.22 bits per heavy atom. The summed E-state index contributed by atoms with van der Waals surface area (Å²) in [5, 5.41) is 21.9. The second kappa shape index (κ2) is 7.58. The van der Waals surface area contributed by atoms with Crippen molar-refractivity contribution in [3.05, 3.63) is 57.6 Å². The Kier molecular flexibility index (Phi) is 5.99. The van der Waals surface area contributed by atoms with Gasteiger partial charge in [-0.2, -0.15) is 0 Å². The monoisotopic (exact) mass is 368 g/mol. The molecule has 0 radical (unpaired) electrons. The molecule has 0 unspecified atom stereocenters. The molecule has 0 aliphatic rings. The van der Waals surface area contributed by atoms with Crippen LogP contribution in [0.3, 0.4) is 0 Å². The molecule has 0 aliphatic carbocycles. The molecule has 0 amide bonds. The zero-order valence-corrected chi connectivity index (χ0v) is 18.3.